The summed E-state index contributed by atoms with van der Waals surface area (Å²) in [6, 6.07) is 0.463. The zero-order chi connectivity index (χ0) is 15.7. The van der Waals surface area contributed by atoms with Crippen LogP contribution in [0.1, 0.15) is 70.1 Å². The molecule has 2 aliphatic rings. The fraction of sp³-hybridized carbons (Fsp3) is 0.812. The molecule has 122 valence electrons. The van der Waals surface area contributed by atoms with Crippen LogP contribution in [0.15, 0.2) is 4.52 Å². The van der Waals surface area contributed by atoms with Crippen molar-refractivity contribution < 1.29 is 9.32 Å². The van der Waals surface area contributed by atoms with Gasteiger partial charge >= 0.3 is 0 Å². The molecule has 1 saturated heterocycles. The van der Waals surface area contributed by atoms with E-state index in [4.69, 9.17) is 4.52 Å². The summed E-state index contributed by atoms with van der Waals surface area (Å²) >= 11 is 0. The predicted molar refractivity (Wildman–Crippen MR) is 82.3 cm³/mol. The van der Waals surface area contributed by atoms with E-state index in [1.807, 2.05) is 0 Å². The monoisotopic (exact) mass is 306 g/mol. The molecule has 6 nitrogen and oxygen atoms in total. The van der Waals surface area contributed by atoms with Crippen LogP contribution in [0.25, 0.3) is 0 Å². The molecule has 6 heteroatoms. The van der Waals surface area contributed by atoms with Gasteiger partial charge in [0.15, 0.2) is 5.82 Å². The first-order valence-electron chi connectivity index (χ1n) is 8.42. The van der Waals surface area contributed by atoms with E-state index in [1.54, 1.807) is 0 Å². The lowest BCUT2D eigenvalue weighted by atomic mass is 10.0. The summed E-state index contributed by atoms with van der Waals surface area (Å²) in [7, 11) is 0. The molecule has 1 aromatic heterocycles. The zero-order valence-electron chi connectivity index (χ0n) is 13.7. The summed E-state index contributed by atoms with van der Waals surface area (Å²) in [4.78, 5) is 18.7. The molecule has 3 rings (SSSR count). The van der Waals surface area contributed by atoms with Crippen LogP contribution in [0.5, 0.6) is 0 Å². The minimum Gasteiger partial charge on any atom is -0.353 e. The molecule has 2 fully saturated rings. The van der Waals surface area contributed by atoms with E-state index in [0.717, 1.165) is 44.6 Å². The molecule has 0 radical (unpaired) electrons. The Balaban J connectivity index is 1.50. The van der Waals surface area contributed by atoms with Crippen LogP contribution in [0.3, 0.4) is 0 Å². The SMILES string of the molecule is CC(C)c1noc(C(C)N2CCC(NC(=O)C3CC3)CC2)n1. The summed E-state index contributed by atoms with van der Waals surface area (Å²) in [5, 5.41) is 7.22. The molecule has 1 atom stereocenters. The number of carbonyl (C=O) groups is 1. The van der Waals surface area contributed by atoms with Gasteiger partial charge in [0.05, 0.1) is 6.04 Å². The Bertz CT molecular complexity index is 516. The van der Waals surface area contributed by atoms with Crippen molar-refractivity contribution in [1.82, 2.24) is 20.4 Å². The number of hydrogen-bond acceptors (Lipinski definition) is 5. The lowest BCUT2D eigenvalue weighted by Gasteiger charge is -2.34. The highest BCUT2D eigenvalue weighted by Crippen LogP contribution is 2.30. The van der Waals surface area contributed by atoms with Crippen LogP contribution >= 0.6 is 0 Å². The molecule has 1 N–H and O–H groups in total. The van der Waals surface area contributed by atoms with Gasteiger partial charge in [-0.05, 0) is 32.6 Å². The molecule has 1 aliphatic carbocycles. The molecular weight excluding hydrogens is 280 g/mol. The number of piperidine rings is 1. The maximum absolute atomic E-state index is 11.8. The summed E-state index contributed by atoms with van der Waals surface area (Å²) in [6.45, 7) is 8.15. The number of carbonyl (C=O) groups excluding carboxylic acids is 1. The standard InChI is InChI=1S/C16H26N4O2/c1-10(2)14-18-16(22-19-14)11(3)20-8-6-13(7-9-20)17-15(21)12-4-5-12/h10-13H,4-9H2,1-3H3,(H,17,21). The largest absolute Gasteiger partial charge is 0.353 e. The Hall–Kier alpha value is -1.43. The van der Waals surface area contributed by atoms with Gasteiger partial charge in [-0.3, -0.25) is 9.69 Å². The first-order chi connectivity index (χ1) is 10.5. The smallest absolute Gasteiger partial charge is 0.243 e. The third kappa shape index (κ3) is 3.48. The highest BCUT2D eigenvalue weighted by atomic mass is 16.5. The van der Waals surface area contributed by atoms with Gasteiger partial charge in [0.25, 0.3) is 0 Å². The quantitative estimate of drug-likeness (QED) is 0.903. The molecule has 22 heavy (non-hydrogen) atoms. The second-order valence-corrected chi connectivity index (χ2v) is 6.91. The highest BCUT2D eigenvalue weighted by molar-refractivity contribution is 5.81. The number of hydrogen-bond donors (Lipinski definition) is 1. The molecule has 0 spiro atoms. The van der Waals surface area contributed by atoms with E-state index in [1.165, 1.54) is 0 Å². The van der Waals surface area contributed by atoms with Crippen LogP contribution in [-0.2, 0) is 4.79 Å². The lowest BCUT2D eigenvalue weighted by Crippen LogP contribution is -2.45. The van der Waals surface area contributed by atoms with Gasteiger partial charge in [0.2, 0.25) is 11.8 Å². The lowest BCUT2D eigenvalue weighted by molar-refractivity contribution is -0.123. The fourth-order valence-electron chi connectivity index (χ4n) is 2.90. The average Bonchev–Trinajstić information content (AvgIpc) is 3.24. The van der Waals surface area contributed by atoms with Gasteiger partial charge in [-0.1, -0.05) is 19.0 Å². The normalized spacial score (nSPS) is 22.0. The fourth-order valence-corrected chi connectivity index (χ4v) is 2.90. The molecule has 2 heterocycles. The van der Waals surface area contributed by atoms with Crippen LogP contribution in [0, 0.1) is 5.92 Å². The van der Waals surface area contributed by atoms with Crippen LogP contribution in [-0.4, -0.2) is 40.1 Å². The first kappa shape index (κ1) is 15.5. The Labute approximate surface area is 131 Å². The van der Waals surface area contributed by atoms with Crippen molar-refractivity contribution >= 4 is 5.91 Å². The highest BCUT2D eigenvalue weighted by Gasteiger charge is 2.33. The third-order valence-corrected chi connectivity index (χ3v) is 4.70. The molecule has 1 unspecified atom stereocenters. The van der Waals surface area contributed by atoms with Crippen LogP contribution in [0.2, 0.25) is 0 Å². The van der Waals surface area contributed by atoms with Crippen molar-refractivity contribution in [3.63, 3.8) is 0 Å². The number of nitrogens with zero attached hydrogens (tertiary/aromatic N) is 3. The molecule has 0 bridgehead atoms. The zero-order valence-corrected chi connectivity index (χ0v) is 13.7. The molecule has 1 amide bonds. The number of rotatable bonds is 5. The third-order valence-electron chi connectivity index (χ3n) is 4.70. The predicted octanol–water partition coefficient (Wildman–Crippen LogP) is 2.24. The number of aromatic nitrogens is 2. The molecule has 0 aromatic carbocycles. The maximum Gasteiger partial charge on any atom is 0.243 e. The van der Waals surface area contributed by atoms with Gasteiger partial charge < -0.3 is 9.84 Å². The van der Waals surface area contributed by atoms with Gasteiger partial charge in [-0.15, -0.1) is 0 Å². The second-order valence-electron chi connectivity index (χ2n) is 6.91. The van der Waals surface area contributed by atoms with E-state index in [0.29, 0.717) is 17.9 Å². The van der Waals surface area contributed by atoms with Crippen molar-refractivity contribution in [3.05, 3.63) is 11.7 Å². The van der Waals surface area contributed by atoms with Gasteiger partial charge in [0, 0.05) is 31.0 Å². The number of nitrogens with one attached hydrogen (secondary N) is 1. The van der Waals surface area contributed by atoms with Crippen molar-refractivity contribution in [2.45, 2.75) is 64.5 Å². The summed E-state index contributed by atoms with van der Waals surface area (Å²) in [5.74, 6) is 2.31. The molecule has 1 aliphatic heterocycles. The summed E-state index contributed by atoms with van der Waals surface area (Å²) in [6.07, 6.45) is 4.12. The van der Waals surface area contributed by atoms with Crippen LogP contribution < -0.4 is 5.32 Å². The Morgan fingerprint density at radius 3 is 2.45 bits per heavy atom. The van der Waals surface area contributed by atoms with Crippen molar-refractivity contribution in [1.29, 1.82) is 0 Å². The number of likely N-dealkylation sites (tertiary alicyclic amines) is 1. The maximum atomic E-state index is 11.8. The van der Waals surface area contributed by atoms with Crippen molar-refractivity contribution in [3.8, 4) is 0 Å². The average molecular weight is 306 g/mol. The Kier molecular flexibility index (Phi) is 4.47. The number of amides is 1. The van der Waals surface area contributed by atoms with Gasteiger partial charge in [-0.25, -0.2) is 0 Å². The summed E-state index contributed by atoms with van der Waals surface area (Å²) < 4.78 is 5.40. The Morgan fingerprint density at radius 1 is 1.23 bits per heavy atom. The van der Waals surface area contributed by atoms with E-state index in [2.05, 4.69) is 41.1 Å². The van der Waals surface area contributed by atoms with Gasteiger partial charge in [-0.2, -0.15) is 4.98 Å². The van der Waals surface area contributed by atoms with Crippen molar-refractivity contribution in [2.24, 2.45) is 5.92 Å². The minimum atomic E-state index is 0.139. The van der Waals surface area contributed by atoms with E-state index in [9.17, 15) is 4.79 Å². The summed E-state index contributed by atoms with van der Waals surface area (Å²) in [5.41, 5.74) is 0. The van der Waals surface area contributed by atoms with Crippen LogP contribution in [0.4, 0.5) is 0 Å². The van der Waals surface area contributed by atoms with E-state index in [-0.39, 0.29) is 17.9 Å². The molecule has 1 saturated carbocycles. The van der Waals surface area contributed by atoms with E-state index < -0.39 is 0 Å². The topological polar surface area (TPSA) is 71.3 Å². The molecule has 1 aromatic rings. The van der Waals surface area contributed by atoms with E-state index >= 15 is 0 Å². The second kappa shape index (κ2) is 6.36. The first-order valence-corrected chi connectivity index (χ1v) is 8.42. The molecular formula is C16H26N4O2. The minimum absolute atomic E-state index is 0.139. The van der Waals surface area contributed by atoms with Gasteiger partial charge in [0.1, 0.15) is 0 Å². The Morgan fingerprint density at radius 2 is 1.91 bits per heavy atom. The van der Waals surface area contributed by atoms with Crippen molar-refractivity contribution in [2.75, 3.05) is 13.1 Å².